The van der Waals surface area contributed by atoms with Crippen molar-refractivity contribution in [3.8, 4) is 5.75 Å². The molecule has 0 aliphatic carbocycles. The van der Waals surface area contributed by atoms with Gasteiger partial charge in [0.05, 0.1) is 23.7 Å². The van der Waals surface area contributed by atoms with Gasteiger partial charge in [-0.1, -0.05) is 0 Å². The van der Waals surface area contributed by atoms with Crippen molar-refractivity contribution in [3.63, 3.8) is 0 Å². The Kier molecular flexibility index (Phi) is 8.20. The number of carboxylic acid groups (broad SMARTS) is 1. The van der Waals surface area contributed by atoms with Crippen molar-refractivity contribution in [2.45, 2.75) is 49.4 Å². The van der Waals surface area contributed by atoms with E-state index in [-0.39, 0.29) is 27.8 Å². The maximum Gasteiger partial charge on any atom is 0.411 e. The first kappa shape index (κ1) is 30.8. The number of nitrogens with zero attached hydrogens (tertiary/aromatic N) is 3. The highest BCUT2D eigenvalue weighted by molar-refractivity contribution is 7.92. The first-order valence-corrected chi connectivity index (χ1v) is 15.2. The first-order valence-electron chi connectivity index (χ1n) is 12.4. The van der Waals surface area contributed by atoms with E-state index in [1.54, 1.807) is 0 Å². The second kappa shape index (κ2) is 10.9. The molecule has 0 unspecified atom stereocenters. The summed E-state index contributed by atoms with van der Waals surface area (Å²) in [4.78, 5) is 11.5. The number of hydrogen-bond donors (Lipinski definition) is 1. The number of rotatable bonds is 8. The average Bonchev–Trinajstić information content (AvgIpc) is 3.43. The summed E-state index contributed by atoms with van der Waals surface area (Å²) < 4.78 is 118. The molecule has 1 saturated heterocycles. The largest absolute Gasteiger partial charge is 0.530 e. The van der Waals surface area contributed by atoms with Crippen LogP contribution in [-0.2, 0) is 20.2 Å². The Balaban J connectivity index is 1.76. The van der Waals surface area contributed by atoms with Crippen molar-refractivity contribution in [2.24, 2.45) is 0 Å². The van der Waals surface area contributed by atoms with Gasteiger partial charge >= 0.3 is 6.18 Å². The van der Waals surface area contributed by atoms with E-state index in [2.05, 4.69) is 4.72 Å². The van der Waals surface area contributed by atoms with Gasteiger partial charge in [0, 0.05) is 18.8 Å². The van der Waals surface area contributed by atoms with Crippen molar-refractivity contribution in [3.05, 3.63) is 48.3 Å². The highest BCUT2D eigenvalue weighted by Gasteiger charge is 2.52. The third kappa shape index (κ3) is 6.07. The number of carbonyl (C=O) groups is 1. The monoisotopic (exact) mass is 623 g/mol. The lowest BCUT2D eigenvalue weighted by molar-refractivity contribution is -0.254. The topological polar surface area (TPSA) is 139 Å². The molecule has 0 bridgehead atoms. The standard InChI is InChI=1S/C24H28F4N4O7S2/c1-23(2,24(26,27)28)32(22(33)34)17-7-10-21-20(13-17)31(40(35,36)19-8-5-16(25)6-9-19)15-18(39-21)14-29-41(37,38)30-11-3-4-12-30/h5-10,13,18,29H,3-4,11-12,14-15H2,1-2H3,(H,33,34)/p-1/t18-/m0/s1. The summed E-state index contributed by atoms with van der Waals surface area (Å²) in [7, 11) is -8.42. The number of halogens is 4. The molecule has 0 spiro atoms. The minimum Gasteiger partial charge on any atom is -0.530 e. The van der Waals surface area contributed by atoms with Gasteiger partial charge in [0.2, 0.25) is 0 Å². The molecule has 2 aliphatic heterocycles. The second-order valence-electron chi connectivity index (χ2n) is 10.00. The second-order valence-corrected chi connectivity index (χ2v) is 13.6. The molecular weight excluding hydrogens is 596 g/mol. The number of ether oxygens (including phenoxy) is 1. The van der Waals surface area contributed by atoms with Gasteiger partial charge in [-0.25, -0.2) is 12.8 Å². The third-order valence-corrected chi connectivity index (χ3v) is 10.2. The molecule has 2 aromatic rings. The number of amides is 1. The summed E-state index contributed by atoms with van der Waals surface area (Å²) >= 11 is 0. The van der Waals surface area contributed by atoms with Crippen LogP contribution in [-0.4, -0.2) is 71.2 Å². The van der Waals surface area contributed by atoms with Gasteiger partial charge in [-0.2, -0.15) is 30.6 Å². The Labute approximate surface area is 234 Å². The Morgan fingerprint density at radius 3 is 2.24 bits per heavy atom. The van der Waals surface area contributed by atoms with Crippen LogP contribution in [0.25, 0.3) is 0 Å². The highest BCUT2D eigenvalue weighted by atomic mass is 32.2. The summed E-state index contributed by atoms with van der Waals surface area (Å²) in [6, 6.07) is 6.73. The molecule has 1 fully saturated rings. The van der Waals surface area contributed by atoms with Gasteiger partial charge < -0.3 is 19.5 Å². The molecule has 0 radical (unpaired) electrons. The summed E-state index contributed by atoms with van der Waals surface area (Å²) in [5, 5.41) is 11.9. The lowest BCUT2D eigenvalue weighted by atomic mass is 10.0. The zero-order chi connectivity index (χ0) is 30.4. The van der Waals surface area contributed by atoms with Crippen molar-refractivity contribution in [1.82, 2.24) is 9.03 Å². The molecule has 2 aromatic carbocycles. The Morgan fingerprint density at radius 1 is 1.07 bits per heavy atom. The van der Waals surface area contributed by atoms with Gasteiger partial charge in [0.1, 0.15) is 29.3 Å². The molecule has 2 aliphatic rings. The van der Waals surface area contributed by atoms with Gasteiger partial charge in [0.15, 0.2) is 0 Å². The van der Waals surface area contributed by atoms with Crippen molar-refractivity contribution in [2.75, 3.05) is 35.4 Å². The number of nitrogens with one attached hydrogen (secondary N) is 1. The number of sulfonamides is 1. The van der Waals surface area contributed by atoms with Crippen LogP contribution in [0.3, 0.4) is 0 Å². The zero-order valence-electron chi connectivity index (χ0n) is 21.9. The predicted octanol–water partition coefficient (Wildman–Crippen LogP) is 2.20. The molecular formula is C24H27F4N4O7S2-. The molecule has 0 aromatic heterocycles. The van der Waals surface area contributed by atoms with E-state index < -0.39 is 62.2 Å². The molecule has 2 heterocycles. The molecule has 1 N–H and O–H groups in total. The zero-order valence-corrected chi connectivity index (χ0v) is 23.5. The summed E-state index contributed by atoms with van der Waals surface area (Å²) in [5.74, 6) is -0.888. The summed E-state index contributed by atoms with van der Waals surface area (Å²) in [5.41, 5.74) is -3.83. The molecule has 17 heteroatoms. The van der Waals surface area contributed by atoms with E-state index in [1.807, 2.05) is 0 Å². The number of hydrogen-bond acceptors (Lipinski definition) is 7. The predicted molar refractivity (Wildman–Crippen MR) is 138 cm³/mol. The third-order valence-electron chi connectivity index (χ3n) is 6.87. The number of alkyl halides is 3. The average molecular weight is 624 g/mol. The lowest BCUT2D eigenvalue weighted by Crippen LogP contribution is -2.60. The van der Waals surface area contributed by atoms with Crippen molar-refractivity contribution in [1.29, 1.82) is 0 Å². The first-order chi connectivity index (χ1) is 18.9. The Morgan fingerprint density at radius 2 is 1.68 bits per heavy atom. The number of anilines is 2. The minimum absolute atomic E-state index is 0.0494. The fourth-order valence-corrected chi connectivity index (χ4v) is 7.32. The van der Waals surface area contributed by atoms with Gasteiger partial charge in [0.25, 0.3) is 20.2 Å². The van der Waals surface area contributed by atoms with Crippen molar-refractivity contribution >= 4 is 37.7 Å². The SMILES string of the molecule is CC(C)(N(C(=O)[O-])c1ccc2c(c1)N(S(=O)(=O)c1ccc(F)cc1)C[C@H](CNS(=O)(=O)N1CCCC1)O2)C(F)(F)F. The molecule has 11 nitrogen and oxygen atoms in total. The fraction of sp³-hybridized carbons (Fsp3) is 0.458. The minimum atomic E-state index is -5.03. The van der Waals surface area contributed by atoms with E-state index >= 15 is 0 Å². The molecule has 226 valence electrons. The normalized spacial score (nSPS) is 18.6. The molecule has 41 heavy (non-hydrogen) atoms. The quantitative estimate of drug-likeness (QED) is 0.445. The number of benzene rings is 2. The number of carbonyl (C=O) groups excluding carboxylic acids is 1. The van der Waals surface area contributed by atoms with Crippen LogP contribution in [0.1, 0.15) is 26.7 Å². The Bertz CT molecular complexity index is 1510. The van der Waals surface area contributed by atoms with Crippen LogP contribution in [0, 0.1) is 5.82 Å². The summed E-state index contributed by atoms with van der Waals surface area (Å²) in [6.45, 7) is 1.01. The molecule has 1 amide bonds. The van der Waals surface area contributed by atoms with Gasteiger partial charge in [-0.3, -0.25) is 4.31 Å². The van der Waals surface area contributed by atoms with Crippen LogP contribution >= 0.6 is 0 Å². The molecule has 0 saturated carbocycles. The number of fused-ring (bicyclic) bond motifs is 1. The summed E-state index contributed by atoms with van der Waals surface area (Å²) in [6.07, 6.45) is -6.93. The van der Waals surface area contributed by atoms with Crippen LogP contribution in [0.4, 0.5) is 33.7 Å². The van der Waals surface area contributed by atoms with E-state index in [0.717, 1.165) is 46.8 Å². The molecule has 4 rings (SSSR count). The van der Waals surface area contributed by atoms with Crippen LogP contribution in [0.15, 0.2) is 47.4 Å². The van der Waals surface area contributed by atoms with Crippen LogP contribution in [0.2, 0.25) is 0 Å². The maximum absolute atomic E-state index is 13.8. The van der Waals surface area contributed by atoms with E-state index in [9.17, 15) is 44.3 Å². The van der Waals surface area contributed by atoms with Gasteiger partial charge in [-0.05, 0) is 69.2 Å². The van der Waals surface area contributed by atoms with Gasteiger partial charge in [-0.15, -0.1) is 0 Å². The highest BCUT2D eigenvalue weighted by Crippen LogP contribution is 2.43. The lowest BCUT2D eigenvalue weighted by Gasteiger charge is -2.42. The molecule has 1 atom stereocenters. The smallest absolute Gasteiger partial charge is 0.411 e. The Hall–Kier alpha value is -3.15. The fourth-order valence-electron chi connectivity index (χ4n) is 4.51. The maximum atomic E-state index is 13.8. The van der Waals surface area contributed by atoms with Crippen LogP contribution < -0.4 is 23.8 Å². The van der Waals surface area contributed by atoms with Crippen molar-refractivity contribution < 1.29 is 49.0 Å². The van der Waals surface area contributed by atoms with E-state index in [0.29, 0.717) is 39.8 Å². The van der Waals surface area contributed by atoms with E-state index in [1.165, 1.54) is 4.31 Å². The van der Waals surface area contributed by atoms with Crippen LogP contribution in [0.5, 0.6) is 5.75 Å². The van der Waals surface area contributed by atoms with E-state index in [4.69, 9.17) is 4.74 Å².